The average Bonchev–Trinajstić information content (AvgIpc) is 2.71. The summed E-state index contributed by atoms with van der Waals surface area (Å²) in [5.41, 5.74) is 0.989. The molecule has 0 saturated heterocycles. The van der Waals surface area contributed by atoms with Crippen LogP contribution >= 0.6 is 11.6 Å². The molecule has 0 saturated carbocycles. The highest BCUT2D eigenvalue weighted by Crippen LogP contribution is 2.34. The number of benzene rings is 3. The van der Waals surface area contributed by atoms with Gasteiger partial charge in [-0.25, -0.2) is 4.98 Å². The molecule has 0 N–H and O–H groups in total. The standard InChI is InChI=1S/C23H16ClNO3/c24-21-15-20(28-23-3-1-2-11-25-23)8-9-22(21)27-19-7-6-17-13-16(10-12-26)4-5-18(17)14-19/h1-9,11-15H,10H2. The van der Waals surface area contributed by atoms with Crippen molar-refractivity contribution in [1.82, 2.24) is 4.98 Å². The minimum Gasteiger partial charge on any atom is -0.456 e. The van der Waals surface area contributed by atoms with Gasteiger partial charge in [0.15, 0.2) is 0 Å². The van der Waals surface area contributed by atoms with Gasteiger partial charge in [0.05, 0.1) is 5.02 Å². The summed E-state index contributed by atoms with van der Waals surface area (Å²) in [7, 11) is 0. The predicted molar refractivity (Wildman–Crippen MR) is 110 cm³/mol. The summed E-state index contributed by atoms with van der Waals surface area (Å²) in [5.74, 6) is 2.29. The molecule has 0 aliphatic carbocycles. The number of aromatic nitrogens is 1. The molecule has 3 aromatic carbocycles. The molecule has 0 atom stereocenters. The molecule has 4 aromatic rings. The van der Waals surface area contributed by atoms with E-state index in [0.29, 0.717) is 34.6 Å². The lowest BCUT2D eigenvalue weighted by atomic mass is 10.1. The first-order valence-corrected chi connectivity index (χ1v) is 9.12. The van der Waals surface area contributed by atoms with Gasteiger partial charge in [0.25, 0.3) is 0 Å². The van der Waals surface area contributed by atoms with Gasteiger partial charge in [0.2, 0.25) is 5.88 Å². The number of halogens is 1. The van der Waals surface area contributed by atoms with E-state index in [1.54, 1.807) is 30.5 Å². The number of fused-ring (bicyclic) bond motifs is 1. The molecule has 1 heterocycles. The van der Waals surface area contributed by atoms with Crippen molar-refractivity contribution in [3.63, 3.8) is 0 Å². The molecular weight excluding hydrogens is 374 g/mol. The molecule has 1 aromatic heterocycles. The van der Waals surface area contributed by atoms with Crippen LogP contribution in [0.4, 0.5) is 0 Å². The van der Waals surface area contributed by atoms with E-state index in [0.717, 1.165) is 22.6 Å². The highest BCUT2D eigenvalue weighted by molar-refractivity contribution is 6.32. The molecule has 28 heavy (non-hydrogen) atoms. The van der Waals surface area contributed by atoms with Crippen molar-refractivity contribution in [1.29, 1.82) is 0 Å². The van der Waals surface area contributed by atoms with Crippen LogP contribution in [0.2, 0.25) is 5.02 Å². The maximum absolute atomic E-state index is 10.7. The number of pyridine rings is 1. The Balaban J connectivity index is 1.53. The molecule has 5 heteroatoms. The maximum atomic E-state index is 10.7. The number of hydrogen-bond donors (Lipinski definition) is 0. The zero-order chi connectivity index (χ0) is 19.3. The van der Waals surface area contributed by atoms with Crippen LogP contribution in [0.5, 0.6) is 23.1 Å². The highest BCUT2D eigenvalue weighted by atomic mass is 35.5. The molecule has 0 fully saturated rings. The maximum Gasteiger partial charge on any atom is 0.219 e. The Hall–Kier alpha value is -3.37. The molecule has 0 bridgehead atoms. The van der Waals surface area contributed by atoms with Crippen molar-refractivity contribution < 1.29 is 14.3 Å². The Morgan fingerprint density at radius 2 is 1.64 bits per heavy atom. The Morgan fingerprint density at radius 3 is 2.43 bits per heavy atom. The van der Waals surface area contributed by atoms with E-state index in [2.05, 4.69) is 4.98 Å². The van der Waals surface area contributed by atoms with Gasteiger partial charge in [0.1, 0.15) is 23.5 Å². The molecule has 0 unspecified atom stereocenters. The van der Waals surface area contributed by atoms with Crippen molar-refractivity contribution in [2.24, 2.45) is 0 Å². The van der Waals surface area contributed by atoms with Crippen LogP contribution in [0.3, 0.4) is 0 Å². The Morgan fingerprint density at radius 1 is 0.857 bits per heavy atom. The van der Waals surface area contributed by atoms with Crippen LogP contribution in [0.1, 0.15) is 5.56 Å². The van der Waals surface area contributed by atoms with Gasteiger partial charge in [-0.1, -0.05) is 41.9 Å². The summed E-state index contributed by atoms with van der Waals surface area (Å²) in [4.78, 5) is 14.8. The van der Waals surface area contributed by atoms with Gasteiger partial charge in [0, 0.05) is 24.8 Å². The lowest BCUT2D eigenvalue weighted by Crippen LogP contribution is -1.90. The molecule has 0 spiro atoms. The largest absolute Gasteiger partial charge is 0.456 e. The van der Waals surface area contributed by atoms with Crippen molar-refractivity contribution in [2.45, 2.75) is 6.42 Å². The second-order valence-corrected chi connectivity index (χ2v) is 6.59. The minimum atomic E-state index is 0.413. The molecular formula is C23H16ClNO3. The fourth-order valence-electron chi connectivity index (χ4n) is 2.84. The number of hydrogen-bond acceptors (Lipinski definition) is 4. The zero-order valence-electron chi connectivity index (χ0n) is 14.8. The Labute approximate surface area is 167 Å². The summed E-state index contributed by atoms with van der Waals surface area (Å²) in [5, 5.41) is 2.52. The van der Waals surface area contributed by atoms with E-state index in [9.17, 15) is 4.79 Å². The number of aldehydes is 1. The lowest BCUT2D eigenvalue weighted by molar-refractivity contribution is -0.107. The normalized spacial score (nSPS) is 10.6. The third-order valence-electron chi connectivity index (χ3n) is 4.19. The van der Waals surface area contributed by atoms with E-state index >= 15 is 0 Å². The van der Waals surface area contributed by atoms with Gasteiger partial charge in [-0.15, -0.1) is 0 Å². The van der Waals surface area contributed by atoms with Gasteiger partial charge in [-0.3, -0.25) is 0 Å². The van der Waals surface area contributed by atoms with E-state index < -0.39 is 0 Å². The van der Waals surface area contributed by atoms with Crippen molar-refractivity contribution >= 4 is 28.7 Å². The summed E-state index contributed by atoms with van der Waals surface area (Å²) < 4.78 is 11.6. The lowest BCUT2D eigenvalue weighted by Gasteiger charge is -2.11. The first kappa shape index (κ1) is 18.0. The monoisotopic (exact) mass is 389 g/mol. The smallest absolute Gasteiger partial charge is 0.219 e. The van der Waals surface area contributed by atoms with Crippen LogP contribution < -0.4 is 9.47 Å². The van der Waals surface area contributed by atoms with Crippen LogP contribution in [-0.4, -0.2) is 11.3 Å². The van der Waals surface area contributed by atoms with Crippen molar-refractivity contribution in [3.05, 3.63) is 89.6 Å². The van der Waals surface area contributed by atoms with Crippen LogP contribution in [-0.2, 0) is 11.2 Å². The average molecular weight is 390 g/mol. The van der Waals surface area contributed by atoms with Crippen LogP contribution in [0.25, 0.3) is 10.8 Å². The molecule has 0 amide bonds. The quantitative estimate of drug-likeness (QED) is 0.367. The summed E-state index contributed by atoms with van der Waals surface area (Å²) >= 11 is 6.36. The Bertz CT molecular complexity index is 1130. The molecule has 4 rings (SSSR count). The van der Waals surface area contributed by atoms with Crippen molar-refractivity contribution in [3.8, 4) is 23.1 Å². The number of carbonyl (C=O) groups excluding carboxylic acids is 1. The van der Waals surface area contributed by atoms with E-state index in [1.165, 1.54) is 0 Å². The van der Waals surface area contributed by atoms with E-state index in [-0.39, 0.29) is 0 Å². The SMILES string of the molecule is O=CCc1ccc2cc(Oc3ccc(Oc4ccccn4)cc3Cl)ccc2c1. The van der Waals surface area contributed by atoms with Crippen LogP contribution in [0, 0.1) is 0 Å². The Kier molecular flexibility index (Phi) is 5.22. The van der Waals surface area contributed by atoms with Gasteiger partial charge < -0.3 is 14.3 Å². The highest BCUT2D eigenvalue weighted by Gasteiger charge is 2.08. The minimum absolute atomic E-state index is 0.413. The summed E-state index contributed by atoms with van der Waals surface area (Å²) in [6.07, 6.45) is 2.98. The number of rotatable bonds is 6. The third-order valence-corrected chi connectivity index (χ3v) is 4.48. The number of carbonyl (C=O) groups is 1. The fourth-order valence-corrected chi connectivity index (χ4v) is 3.05. The van der Waals surface area contributed by atoms with E-state index in [4.69, 9.17) is 21.1 Å². The topological polar surface area (TPSA) is 48.4 Å². The third kappa shape index (κ3) is 4.13. The van der Waals surface area contributed by atoms with Crippen LogP contribution in [0.15, 0.2) is 79.0 Å². The molecule has 0 aliphatic heterocycles. The van der Waals surface area contributed by atoms with Crippen molar-refractivity contribution in [2.75, 3.05) is 0 Å². The number of nitrogens with zero attached hydrogens (tertiary/aromatic N) is 1. The second kappa shape index (κ2) is 8.11. The number of ether oxygens (including phenoxy) is 2. The molecule has 0 aliphatic rings. The van der Waals surface area contributed by atoms with Gasteiger partial charge in [-0.2, -0.15) is 0 Å². The molecule has 0 radical (unpaired) electrons. The van der Waals surface area contributed by atoms with Gasteiger partial charge in [-0.05, 0) is 46.7 Å². The molecule has 138 valence electrons. The first-order valence-electron chi connectivity index (χ1n) is 8.74. The second-order valence-electron chi connectivity index (χ2n) is 6.18. The molecule has 4 nitrogen and oxygen atoms in total. The summed E-state index contributed by atoms with van der Waals surface area (Å²) in [6, 6.07) is 22.4. The first-order chi connectivity index (χ1) is 13.7. The van der Waals surface area contributed by atoms with E-state index in [1.807, 2.05) is 48.5 Å². The zero-order valence-corrected chi connectivity index (χ0v) is 15.6. The fraction of sp³-hybridized carbons (Fsp3) is 0.0435. The predicted octanol–water partition coefficient (Wildman–Crippen LogP) is 6.21. The van der Waals surface area contributed by atoms with Gasteiger partial charge >= 0.3 is 0 Å². The summed E-state index contributed by atoms with van der Waals surface area (Å²) in [6.45, 7) is 0.